The summed E-state index contributed by atoms with van der Waals surface area (Å²) in [7, 11) is 0. The standard InChI is InChI=1S/C36H43FN6O3/c1-22-30-9-8-25(35(44)41-12-2-4-28(38)21-41)20-43(30)39-33(22)31-17-26-16-27(37)18-29(34(26)42(31)19-23-6-7-23)24-10-13-40(14-11-24)36(45)32-5-3-15-46-32/h8-9,16-18,20,23-24,28,32H,2-7,10-15,19,21,38H2,1H3/t28-,32?/m1/s1. The number of nitrogens with two attached hydrogens (primary N) is 1. The second kappa shape index (κ2) is 11.8. The van der Waals surface area contributed by atoms with E-state index in [9.17, 15) is 9.59 Å². The third-order valence-electron chi connectivity index (χ3n) is 10.7. The first-order valence-corrected chi connectivity index (χ1v) is 17.1. The molecule has 4 aromatic rings. The SMILES string of the molecule is Cc1c(-c2cc3cc(F)cc(C4CCN(C(=O)C5CCCO5)CC4)c3n2CC2CC2)nn2cc(C(=O)N3CCC[C@@H](N)C3)ccc12. The summed E-state index contributed by atoms with van der Waals surface area (Å²) >= 11 is 0. The molecule has 3 aliphatic heterocycles. The lowest BCUT2D eigenvalue weighted by atomic mass is 9.88. The van der Waals surface area contributed by atoms with Gasteiger partial charge in [0.1, 0.15) is 17.6 Å². The molecule has 1 aliphatic carbocycles. The average Bonchev–Trinajstić information content (AvgIpc) is 3.42. The molecule has 0 spiro atoms. The van der Waals surface area contributed by atoms with Crippen LogP contribution in [0.2, 0.25) is 0 Å². The van der Waals surface area contributed by atoms with Crippen LogP contribution in [0.1, 0.15) is 78.8 Å². The molecule has 2 atom stereocenters. The van der Waals surface area contributed by atoms with Gasteiger partial charge in [0.2, 0.25) is 0 Å². The number of carbonyl (C=O) groups is 2. The maximum atomic E-state index is 15.3. The van der Waals surface area contributed by atoms with E-state index in [4.69, 9.17) is 15.6 Å². The van der Waals surface area contributed by atoms with E-state index in [1.54, 1.807) is 12.1 Å². The van der Waals surface area contributed by atoms with Crippen LogP contribution in [0, 0.1) is 18.7 Å². The van der Waals surface area contributed by atoms with Gasteiger partial charge in [0, 0.05) is 62.5 Å². The van der Waals surface area contributed by atoms with E-state index in [1.807, 2.05) is 32.6 Å². The highest BCUT2D eigenvalue weighted by molar-refractivity contribution is 5.95. The van der Waals surface area contributed by atoms with Crippen LogP contribution in [0.15, 0.2) is 36.5 Å². The summed E-state index contributed by atoms with van der Waals surface area (Å²) in [4.78, 5) is 30.2. The number of ether oxygens (including phenoxy) is 1. The Morgan fingerprint density at radius 1 is 1.00 bits per heavy atom. The fourth-order valence-corrected chi connectivity index (χ4v) is 7.97. The summed E-state index contributed by atoms with van der Waals surface area (Å²) in [5, 5.41) is 5.94. The van der Waals surface area contributed by atoms with Crippen LogP contribution in [0.25, 0.3) is 27.8 Å². The summed E-state index contributed by atoms with van der Waals surface area (Å²) < 4.78 is 25.1. The molecule has 1 aromatic carbocycles. The predicted molar refractivity (Wildman–Crippen MR) is 174 cm³/mol. The molecule has 46 heavy (non-hydrogen) atoms. The minimum atomic E-state index is -0.304. The minimum Gasteiger partial charge on any atom is -0.368 e. The van der Waals surface area contributed by atoms with Crippen molar-refractivity contribution in [3.8, 4) is 11.4 Å². The Bertz CT molecular complexity index is 1810. The Morgan fingerprint density at radius 3 is 2.57 bits per heavy atom. The van der Waals surface area contributed by atoms with Gasteiger partial charge < -0.3 is 24.8 Å². The number of rotatable bonds is 6. The number of aryl methyl sites for hydroxylation is 1. The molecule has 3 saturated heterocycles. The number of pyridine rings is 1. The first-order valence-electron chi connectivity index (χ1n) is 17.1. The smallest absolute Gasteiger partial charge is 0.255 e. The number of hydrogen-bond acceptors (Lipinski definition) is 5. The van der Waals surface area contributed by atoms with Gasteiger partial charge in [-0.15, -0.1) is 0 Å². The highest BCUT2D eigenvalue weighted by Gasteiger charge is 2.33. The van der Waals surface area contributed by atoms with Gasteiger partial charge in [-0.1, -0.05) is 0 Å². The molecular weight excluding hydrogens is 583 g/mol. The fraction of sp³-hybridized carbons (Fsp3) is 0.528. The molecule has 3 aromatic heterocycles. The van der Waals surface area contributed by atoms with Crippen LogP contribution in [0.5, 0.6) is 0 Å². The Hall–Kier alpha value is -3.76. The molecule has 2 N–H and O–H groups in total. The highest BCUT2D eigenvalue weighted by Crippen LogP contribution is 2.41. The van der Waals surface area contributed by atoms with Crippen LogP contribution in [0.3, 0.4) is 0 Å². The second-order valence-corrected chi connectivity index (χ2v) is 14.0. The van der Waals surface area contributed by atoms with Crippen molar-refractivity contribution in [3.05, 3.63) is 59.0 Å². The maximum absolute atomic E-state index is 15.3. The molecule has 4 aliphatic rings. The Labute approximate surface area is 268 Å². The van der Waals surface area contributed by atoms with Crippen LogP contribution < -0.4 is 5.73 Å². The zero-order chi connectivity index (χ0) is 31.5. The van der Waals surface area contributed by atoms with Gasteiger partial charge in [-0.3, -0.25) is 9.59 Å². The topological polar surface area (TPSA) is 98.1 Å². The normalized spacial score (nSPS) is 22.8. The molecule has 242 valence electrons. The largest absolute Gasteiger partial charge is 0.368 e. The number of amides is 2. The number of benzene rings is 1. The number of hydrogen-bond donors (Lipinski definition) is 1. The summed E-state index contributed by atoms with van der Waals surface area (Å²) in [6.45, 7) is 6.21. The Kier molecular flexibility index (Phi) is 7.60. The number of fused-ring (bicyclic) bond motifs is 2. The van der Waals surface area contributed by atoms with E-state index in [-0.39, 0.29) is 35.7 Å². The molecule has 1 unspecified atom stereocenters. The summed E-state index contributed by atoms with van der Waals surface area (Å²) in [6, 6.07) is 9.35. The van der Waals surface area contributed by atoms with Gasteiger partial charge in [0.25, 0.3) is 11.8 Å². The third-order valence-corrected chi connectivity index (χ3v) is 10.7. The van der Waals surface area contributed by atoms with Crippen molar-refractivity contribution in [2.75, 3.05) is 32.8 Å². The quantitative estimate of drug-likeness (QED) is 0.315. The van der Waals surface area contributed by atoms with Crippen LogP contribution >= 0.6 is 0 Å². The lowest BCUT2D eigenvalue weighted by Crippen LogP contribution is -2.45. The lowest BCUT2D eigenvalue weighted by molar-refractivity contribution is -0.142. The van der Waals surface area contributed by atoms with E-state index in [1.165, 1.54) is 12.8 Å². The number of nitrogens with zero attached hydrogens (tertiary/aromatic N) is 5. The molecule has 9 nitrogen and oxygen atoms in total. The van der Waals surface area contributed by atoms with Gasteiger partial charge in [-0.05, 0) is 106 Å². The first kappa shape index (κ1) is 29.6. The maximum Gasteiger partial charge on any atom is 0.255 e. The van der Waals surface area contributed by atoms with Gasteiger partial charge >= 0.3 is 0 Å². The second-order valence-electron chi connectivity index (χ2n) is 14.0. The molecule has 0 radical (unpaired) electrons. The van der Waals surface area contributed by atoms with Crippen molar-refractivity contribution in [3.63, 3.8) is 0 Å². The summed E-state index contributed by atoms with van der Waals surface area (Å²) in [5.74, 6) is 0.606. The molecule has 10 heteroatoms. The minimum absolute atomic E-state index is 0.0155. The predicted octanol–water partition coefficient (Wildman–Crippen LogP) is 5.26. The number of carbonyl (C=O) groups excluding carboxylic acids is 2. The molecule has 1 saturated carbocycles. The number of halogens is 1. The van der Waals surface area contributed by atoms with Gasteiger partial charge in [0.05, 0.1) is 22.3 Å². The third kappa shape index (κ3) is 5.39. The van der Waals surface area contributed by atoms with E-state index in [0.29, 0.717) is 37.7 Å². The van der Waals surface area contributed by atoms with E-state index < -0.39 is 0 Å². The van der Waals surface area contributed by atoms with Crippen LogP contribution in [-0.4, -0.2) is 80.7 Å². The van der Waals surface area contributed by atoms with E-state index in [0.717, 1.165) is 90.5 Å². The van der Waals surface area contributed by atoms with Crippen molar-refractivity contribution in [1.29, 1.82) is 0 Å². The number of piperidine rings is 2. The van der Waals surface area contributed by atoms with Crippen LogP contribution in [0.4, 0.5) is 4.39 Å². The Morgan fingerprint density at radius 2 is 1.83 bits per heavy atom. The van der Waals surface area contributed by atoms with Crippen molar-refractivity contribution >= 4 is 28.2 Å². The molecule has 8 rings (SSSR count). The summed E-state index contributed by atoms with van der Waals surface area (Å²) in [5.41, 5.74) is 12.7. The molecular formula is C36H43FN6O3. The first-order chi connectivity index (χ1) is 22.3. The highest BCUT2D eigenvalue weighted by atomic mass is 19.1. The molecule has 0 bridgehead atoms. The fourth-order valence-electron chi connectivity index (χ4n) is 7.97. The van der Waals surface area contributed by atoms with E-state index in [2.05, 4.69) is 17.6 Å². The zero-order valence-electron chi connectivity index (χ0n) is 26.6. The van der Waals surface area contributed by atoms with Gasteiger partial charge in [0.15, 0.2) is 0 Å². The van der Waals surface area contributed by atoms with Crippen molar-refractivity contribution in [2.24, 2.45) is 11.7 Å². The van der Waals surface area contributed by atoms with Crippen LogP contribution in [-0.2, 0) is 16.1 Å². The molecule has 2 amide bonds. The number of likely N-dealkylation sites (tertiary alicyclic amines) is 2. The molecule has 6 heterocycles. The summed E-state index contributed by atoms with van der Waals surface area (Å²) in [6.07, 6.45) is 9.10. The number of aromatic nitrogens is 3. The lowest BCUT2D eigenvalue weighted by Gasteiger charge is -2.34. The Balaban J connectivity index is 1.14. The monoisotopic (exact) mass is 626 g/mol. The van der Waals surface area contributed by atoms with Crippen molar-refractivity contribution in [1.82, 2.24) is 24.0 Å². The molecule has 4 fully saturated rings. The van der Waals surface area contributed by atoms with Gasteiger partial charge in [-0.2, -0.15) is 5.10 Å². The average molecular weight is 627 g/mol. The van der Waals surface area contributed by atoms with Crippen molar-refractivity contribution < 1.29 is 18.7 Å². The van der Waals surface area contributed by atoms with Gasteiger partial charge in [-0.25, -0.2) is 8.91 Å². The van der Waals surface area contributed by atoms with E-state index >= 15 is 4.39 Å². The van der Waals surface area contributed by atoms with Crippen molar-refractivity contribution in [2.45, 2.75) is 82.9 Å². The zero-order valence-corrected chi connectivity index (χ0v) is 26.6.